The van der Waals surface area contributed by atoms with Gasteiger partial charge in [-0.1, -0.05) is 0 Å². The molecular formula is C13H9ClN2O2. The van der Waals surface area contributed by atoms with Gasteiger partial charge in [0, 0.05) is 12.7 Å². The third-order valence-corrected chi connectivity index (χ3v) is 2.83. The van der Waals surface area contributed by atoms with Crippen LogP contribution in [0.4, 0.5) is 5.69 Å². The molecule has 0 radical (unpaired) electrons. The summed E-state index contributed by atoms with van der Waals surface area (Å²) in [4.78, 5) is 13.5. The van der Waals surface area contributed by atoms with Crippen LogP contribution in [-0.2, 0) is 0 Å². The summed E-state index contributed by atoms with van der Waals surface area (Å²) in [5, 5.41) is 8.77. The molecule has 0 aliphatic heterocycles. The van der Waals surface area contributed by atoms with Crippen molar-refractivity contribution in [1.82, 2.24) is 0 Å². The number of halogens is 1. The number of rotatable bonds is 2. The Morgan fingerprint density at radius 1 is 1.33 bits per heavy atom. The second kappa shape index (κ2) is 4.94. The third-order valence-electron chi connectivity index (χ3n) is 2.54. The van der Waals surface area contributed by atoms with Gasteiger partial charge in [0.1, 0.15) is 0 Å². The van der Waals surface area contributed by atoms with Gasteiger partial charge in [0.2, 0.25) is 5.22 Å². The summed E-state index contributed by atoms with van der Waals surface area (Å²) in [6.07, 6.45) is 1.36. The maximum absolute atomic E-state index is 12.1. The van der Waals surface area contributed by atoms with Gasteiger partial charge in [-0.15, -0.1) is 0 Å². The molecule has 1 heterocycles. The van der Waals surface area contributed by atoms with Gasteiger partial charge in [-0.25, -0.2) is 0 Å². The van der Waals surface area contributed by atoms with E-state index >= 15 is 0 Å². The van der Waals surface area contributed by atoms with E-state index in [4.69, 9.17) is 21.3 Å². The van der Waals surface area contributed by atoms with Gasteiger partial charge in [-0.3, -0.25) is 4.79 Å². The van der Waals surface area contributed by atoms with E-state index in [0.29, 0.717) is 16.8 Å². The van der Waals surface area contributed by atoms with Crippen LogP contribution < -0.4 is 4.90 Å². The van der Waals surface area contributed by atoms with Gasteiger partial charge in [-0.2, -0.15) is 5.26 Å². The van der Waals surface area contributed by atoms with Crippen LogP contribution >= 0.6 is 11.6 Å². The molecule has 1 aromatic carbocycles. The summed E-state index contributed by atoms with van der Waals surface area (Å²) in [7, 11) is 1.63. The number of amides is 1. The van der Waals surface area contributed by atoms with E-state index in [-0.39, 0.29) is 11.1 Å². The summed E-state index contributed by atoms with van der Waals surface area (Å²) >= 11 is 5.76. The average molecular weight is 261 g/mol. The number of anilines is 1. The number of furan rings is 1. The van der Waals surface area contributed by atoms with Crippen molar-refractivity contribution >= 4 is 23.2 Å². The first-order valence-corrected chi connectivity index (χ1v) is 5.52. The highest BCUT2D eigenvalue weighted by Gasteiger charge is 2.18. The number of carbonyl (C=O) groups excluding carboxylic acids is 1. The van der Waals surface area contributed by atoms with Crippen LogP contribution in [0.3, 0.4) is 0 Å². The molecule has 0 aliphatic carbocycles. The van der Waals surface area contributed by atoms with Crippen LogP contribution in [0.5, 0.6) is 0 Å². The Morgan fingerprint density at radius 2 is 2.00 bits per heavy atom. The fraction of sp³-hybridized carbons (Fsp3) is 0.0769. The van der Waals surface area contributed by atoms with E-state index in [0.717, 1.165) is 0 Å². The van der Waals surface area contributed by atoms with Gasteiger partial charge in [-0.05, 0) is 41.9 Å². The van der Waals surface area contributed by atoms with Crippen molar-refractivity contribution in [1.29, 1.82) is 5.26 Å². The lowest BCUT2D eigenvalue weighted by molar-refractivity contribution is 0.0992. The Bertz CT molecular complexity index is 611. The number of nitrogens with zero attached hydrogens (tertiary/aromatic N) is 2. The first-order valence-electron chi connectivity index (χ1n) is 5.14. The molecule has 1 aromatic heterocycles. The number of hydrogen-bond acceptors (Lipinski definition) is 3. The quantitative estimate of drug-likeness (QED) is 0.834. The molecule has 18 heavy (non-hydrogen) atoms. The first kappa shape index (κ1) is 12.2. The van der Waals surface area contributed by atoms with Crippen molar-refractivity contribution in [3.63, 3.8) is 0 Å². The Labute approximate surface area is 109 Å². The minimum absolute atomic E-state index is 0.0699. The van der Waals surface area contributed by atoms with Crippen LogP contribution in [0.1, 0.15) is 15.9 Å². The topological polar surface area (TPSA) is 57.2 Å². The monoisotopic (exact) mass is 260 g/mol. The summed E-state index contributed by atoms with van der Waals surface area (Å²) in [5.41, 5.74) is 1.53. The van der Waals surface area contributed by atoms with E-state index in [9.17, 15) is 4.79 Å². The van der Waals surface area contributed by atoms with E-state index in [1.807, 2.05) is 6.07 Å². The molecule has 0 bridgehead atoms. The summed E-state index contributed by atoms with van der Waals surface area (Å²) in [6, 6.07) is 10.2. The summed E-state index contributed by atoms with van der Waals surface area (Å²) < 4.78 is 4.88. The lowest BCUT2D eigenvalue weighted by Gasteiger charge is -2.16. The molecule has 0 N–H and O–H groups in total. The fourth-order valence-electron chi connectivity index (χ4n) is 1.50. The fourth-order valence-corrected chi connectivity index (χ4v) is 1.70. The molecule has 90 valence electrons. The predicted octanol–water partition coefficient (Wildman–Crippen LogP) is 3.08. The van der Waals surface area contributed by atoms with Gasteiger partial charge < -0.3 is 9.32 Å². The molecule has 0 saturated heterocycles. The second-order valence-corrected chi connectivity index (χ2v) is 3.97. The van der Waals surface area contributed by atoms with Crippen molar-refractivity contribution in [3.8, 4) is 6.07 Å². The molecule has 0 spiro atoms. The van der Waals surface area contributed by atoms with Crippen LogP contribution in [0.2, 0.25) is 5.22 Å². The maximum Gasteiger partial charge on any atom is 0.262 e. The number of benzene rings is 1. The highest BCUT2D eigenvalue weighted by Crippen LogP contribution is 2.21. The van der Waals surface area contributed by atoms with E-state index in [1.54, 1.807) is 31.3 Å². The Balaban J connectivity index is 2.26. The van der Waals surface area contributed by atoms with Crippen LogP contribution in [0, 0.1) is 11.3 Å². The minimum Gasteiger partial charge on any atom is -0.452 e. The van der Waals surface area contributed by atoms with Crippen LogP contribution in [0.25, 0.3) is 0 Å². The highest BCUT2D eigenvalue weighted by molar-refractivity contribution is 6.32. The van der Waals surface area contributed by atoms with Gasteiger partial charge in [0.25, 0.3) is 5.91 Å². The van der Waals surface area contributed by atoms with Crippen molar-refractivity contribution in [2.24, 2.45) is 0 Å². The second-order valence-electron chi connectivity index (χ2n) is 3.63. The van der Waals surface area contributed by atoms with Gasteiger partial charge in [0.05, 0.1) is 23.5 Å². The van der Waals surface area contributed by atoms with Crippen molar-refractivity contribution in [3.05, 3.63) is 52.9 Å². The molecule has 5 heteroatoms. The zero-order chi connectivity index (χ0) is 13.1. The highest BCUT2D eigenvalue weighted by atomic mass is 35.5. The SMILES string of the molecule is CN(C(=O)c1ccoc1Cl)c1ccc(C#N)cc1. The molecule has 4 nitrogen and oxygen atoms in total. The lowest BCUT2D eigenvalue weighted by atomic mass is 10.2. The normalized spacial score (nSPS) is 9.83. The minimum atomic E-state index is -0.265. The lowest BCUT2D eigenvalue weighted by Crippen LogP contribution is -2.25. The standard InChI is InChI=1S/C13H9ClN2O2/c1-16(10-4-2-9(8-15)3-5-10)13(17)11-6-7-18-12(11)14/h2-7H,1H3. The molecular weight excluding hydrogens is 252 g/mol. The average Bonchev–Trinajstić information content (AvgIpc) is 2.83. The molecule has 0 fully saturated rings. The molecule has 0 atom stereocenters. The third kappa shape index (κ3) is 2.22. The van der Waals surface area contributed by atoms with Gasteiger partial charge >= 0.3 is 0 Å². The van der Waals surface area contributed by atoms with Crippen LogP contribution in [0.15, 0.2) is 41.0 Å². The maximum atomic E-state index is 12.1. The largest absolute Gasteiger partial charge is 0.452 e. The number of nitriles is 1. The van der Waals surface area contributed by atoms with E-state index in [1.165, 1.54) is 17.2 Å². The Morgan fingerprint density at radius 3 is 2.50 bits per heavy atom. The molecule has 0 unspecified atom stereocenters. The van der Waals surface area contributed by atoms with Crippen molar-refractivity contribution in [2.45, 2.75) is 0 Å². The van der Waals surface area contributed by atoms with Gasteiger partial charge in [0.15, 0.2) is 0 Å². The predicted molar refractivity (Wildman–Crippen MR) is 67.6 cm³/mol. The number of hydrogen-bond donors (Lipinski definition) is 0. The molecule has 0 aliphatic rings. The molecule has 0 saturated carbocycles. The zero-order valence-corrected chi connectivity index (χ0v) is 10.3. The van der Waals surface area contributed by atoms with E-state index < -0.39 is 0 Å². The Kier molecular flexibility index (Phi) is 3.35. The first-order chi connectivity index (χ1) is 8.63. The molecule has 2 rings (SSSR count). The van der Waals surface area contributed by atoms with Crippen molar-refractivity contribution < 1.29 is 9.21 Å². The number of carbonyl (C=O) groups is 1. The summed E-state index contributed by atoms with van der Waals surface area (Å²) in [6.45, 7) is 0. The van der Waals surface area contributed by atoms with Crippen LogP contribution in [-0.4, -0.2) is 13.0 Å². The molecule has 2 aromatic rings. The van der Waals surface area contributed by atoms with E-state index in [2.05, 4.69) is 0 Å². The zero-order valence-electron chi connectivity index (χ0n) is 9.55. The summed E-state index contributed by atoms with van der Waals surface area (Å²) in [5.74, 6) is -0.265. The van der Waals surface area contributed by atoms with Crippen molar-refractivity contribution in [2.75, 3.05) is 11.9 Å². The smallest absolute Gasteiger partial charge is 0.262 e. The molecule has 1 amide bonds. The Hall–Kier alpha value is -2.25.